The number of hydrogen-bond acceptors (Lipinski definition) is 6. The molecule has 1 rings (SSSR count). The van der Waals surface area contributed by atoms with Crippen molar-refractivity contribution in [3.8, 4) is 5.75 Å². The van der Waals surface area contributed by atoms with Crippen LogP contribution in [0.1, 0.15) is 16.8 Å². The Bertz CT molecular complexity index is 411. The van der Waals surface area contributed by atoms with Crippen molar-refractivity contribution >= 4 is 23.9 Å². The van der Waals surface area contributed by atoms with Gasteiger partial charge in [0.1, 0.15) is 12.0 Å². The minimum atomic E-state index is -0.548. The number of nitrogens with one attached hydrogen (secondary N) is 1. The molecule has 0 unspecified atom stereocenters. The zero-order valence-electron chi connectivity index (χ0n) is 8.81. The van der Waals surface area contributed by atoms with Crippen LogP contribution in [0.2, 0.25) is 5.02 Å². The van der Waals surface area contributed by atoms with Gasteiger partial charge >= 0.3 is 5.97 Å². The molecule has 1 aromatic carbocycles. The van der Waals surface area contributed by atoms with E-state index in [9.17, 15) is 9.59 Å². The molecule has 0 aromatic heterocycles. The molecule has 6 nitrogen and oxygen atoms in total. The smallest absolute Gasteiger partial charge is 0.329 e. The minimum absolute atomic E-state index is 0.0238. The summed E-state index contributed by atoms with van der Waals surface area (Å²) in [6.45, 7) is 0.0979. The molecule has 7 heteroatoms. The highest BCUT2D eigenvalue weighted by Crippen LogP contribution is 2.24. The minimum Gasteiger partial charge on any atom is -0.491 e. The van der Waals surface area contributed by atoms with E-state index >= 15 is 0 Å². The highest BCUT2D eigenvalue weighted by Gasteiger charge is 2.06. The van der Waals surface area contributed by atoms with Crippen LogP contribution in [0, 0.1) is 0 Å². The van der Waals surface area contributed by atoms with Crippen LogP contribution >= 0.6 is 11.6 Å². The van der Waals surface area contributed by atoms with Crippen molar-refractivity contribution in [1.82, 2.24) is 5.59 Å². The summed E-state index contributed by atoms with van der Waals surface area (Å²) < 4.78 is 5.24. The summed E-state index contributed by atoms with van der Waals surface area (Å²) in [5.41, 5.74) is 2.23. The van der Waals surface area contributed by atoms with E-state index in [0.29, 0.717) is 22.6 Å². The van der Waals surface area contributed by atoms with Gasteiger partial charge in [0.2, 0.25) is 0 Å². The summed E-state index contributed by atoms with van der Waals surface area (Å²) in [5.74, 6) is 4.63. The molecule has 1 aromatic rings. The van der Waals surface area contributed by atoms with Crippen LogP contribution in [0.5, 0.6) is 5.75 Å². The van der Waals surface area contributed by atoms with Gasteiger partial charge in [0.15, 0.2) is 0 Å². The number of rotatable bonds is 6. The van der Waals surface area contributed by atoms with E-state index < -0.39 is 5.97 Å². The van der Waals surface area contributed by atoms with E-state index in [-0.39, 0.29) is 13.0 Å². The largest absolute Gasteiger partial charge is 0.491 e. The second-order valence-electron chi connectivity index (χ2n) is 3.00. The Morgan fingerprint density at radius 2 is 2.29 bits per heavy atom. The third-order valence-corrected chi connectivity index (χ3v) is 2.12. The summed E-state index contributed by atoms with van der Waals surface area (Å²) in [5, 5.41) is 0.305. The molecule has 0 saturated heterocycles. The van der Waals surface area contributed by atoms with E-state index in [2.05, 4.69) is 4.84 Å². The highest BCUT2D eigenvalue weighted by molar-refractivity contribution is 6.32. The van der Waals surface area contributed by atoms with Gasteiger partial charge in [-0.3, -0.25) is 9.59 Å². The maximum absolute atomic E-state index is 10.9. The van der Waals surface area contributed by atoms with Gasteiger partial charge in [-0.2, -0.15) is 0 Å². The molecule has 92 valence electrons. The number of hydrazine groups is 1. The predicted octanol–water partition coefficient (Wildman–Crippen LogP) is 0.843. The number of aldehydes is 1. The molecule has 0 bridgehead atoms. The van der Waals surface area contributed by atoms with Gasteiger partial charge in [0.25, 0.3) is 0 Å². The lowest BCUT2D eigenvalue weighted by Gasteiger charge is -2.07. The Morgan fingerprint density at radius 1 is 1.53 bits per heavy atom. The van der Waals surface area contributed by atoms with E-state index in [1.165, 1.54) is 6.07 Å². The number of nitrogens with two attached hydrogens (primary N) is 1. The number of hydrogen-bond donors (Lipinski definition) is 2. The normalized spacial score (nSPS) is 9.76. The first-order chi connectivity index (χ1) is 8.17. The fourth-order valence-electron chi connectivity index (χ4n) is 1.07. The molecule has 0 heterocycles. The first kappa shape index (κ1) is 13.4. The monoisotopic (exact) mass is 258 g/mol. The van der Waals surface area contributed by atoms with Crippen LogP contribution in [0.15, 0.2) is 18.2 Å². The first-order valence-electron chi connectivity index (χ1n) is 4.70. The average Bonchev–Trinajstić information content (AvgIpc) is 2.31. The van der Waals surface area contributed by atoms with E-state index in [4.69, 9.17) is 22.2 Å². The molecular weight excluding hydrogens is 248 g/mol. The van der Waals surface area contributed by atoms with Crippen molar-refractivity contribution < 1.29 is 19.2 Å². The lowest BCUT2D eigenvalue weighted by Crippen LogP contribution is -2.26. The summed E-state index contributed by atoms with van der Waals surface area (Å²) >= 11 is 5.85. The molecular formula is C10H11ClN2O4. The molecule has 0 radical (unpaired) electrons. The average molecular weight is 259 g/mol. The van der Waals surface area contributed by atoms with Gasteiger partial charge in [-0.25, -0.2) is 5.84 Å². The molecule has 0 fully saturated rings. The molecule has 17 heavy (non-hydrogen) atoms. The Kier molecular flexibility index (Phi) is 5.41. The van der Waals surface area contributed by atoms with Gasteiger partial charge in [-0.05, 0) is 18.2 Å². The predicted molar refractivity (Wildman–Crippen MR) is 60.4 cm³/mol. The molecule has 0 aliphatic rings. The maximum atomic E-state index is 10.9. The SMILES string of the molecule is NNOC(=O)CCOc1ccc(C=O)cc1Cl. The number of benzene rings is 1. The van der Waals surface area contributed by atoms with Gasteiger partial charge in [-0.15, -0.1) is 0 Å². The molecule has 0 aliphatic heterocycles. The molecule has 3 N–H and O–H groups in total. The fraction of sp³-hybridized carbons (Fsp3) is 0.200. The maximum Gasteiger partial charge on any atom is 0.329 e. The summed E-state index contributed by atoms with van der Waals surface area (Å²) in [6.07, 6.45) is 0.704. The van der Waals surface area contributed by atoms with Crippen molar-refractivity contribution in [2.45, 2.75) is 6.42 Å². The van der Waals surface area contributed by atoms with Crippen LogP contribution in [0.4, 0.5) is 0 Å². The molecule has 0 aliphatic carbocycles. The quantitative estimate of drug-likeness (QED) is 0.446. The molecule has 0 spiro atoms. The van der Waals surface area contributed by atoms with Crippen LogP contribution in [0.25, 0.3) is 0 Å². The first-order valence-corrected chi connectivity index (χ1v) is 5.08. The molecule has 0 atom stereocenters. The Labute approximate surface area is 103 Å². The van der Waals surface area contributed by atoms with Crippen molar-refractivity contribution in [2.24, 2.45) is 5.84 Å². The zero-order valence-corrected chi connectivity index (χ0v) is 9.57. The molecule has 0 saturated carbocycles. The highest BCUT2D eigenvalue weighted by atomic mass is 35.5. The van der Waals surface area contributed by atoms with Crippen molar-refractivity contribution in [3.05, 3.63) is 28.8 Å². The second kappa shape index (κ2) is 6.85. The lowest BCUT2D eigenvalue weighted by atomic mass is 10.2. The van der Waals surface area contributed by atoms with Gasteiger partial charge in [-0.1, -0.05) is 17.2 Å². The van der Waals surface area contributed by atoms with Gasteiger partial charge in [0, 0.05) is 5.56 Å². The second-order valence-corrected chi connectivity index (χ2v) is 3.41. The fourth-order valence-corrected chi connectivity index (χ4v) is 1.31. The van der Waals surface area contributed by atoms with Crippen LogP contribution in [-0.2, 0) is 9.63 Å². The molecule has 0 amide bonds. The number of ether oxygens (including phenoxy) is 1. The Hall–Kier alpha value is -1.63. The van der Waals surface area contributed by atoms with Crippen molar-refractivity contribution in [3.63, 3.8) is 0 Å². The lowest BCUT2D eigenvalue weighted by molar-refractivity contribution is -0.151. The summed E-state index contributed by atoms with van der Waals surface area (Å²) in [7, 11) is 0. The number of carbonyl (C=O) groups is 2. The number of halogens is 1. The van der Waals surface area contributed by atoms with E-state index in [1.807, 2.05) is 0 Å². The summed E-state index contributed by atoms with van der Waals surface area (Å²) in [4.78, 5) is 25.6. The van der Waals surface area contributed by atoms with Gasteiger partial charge < -0.3 is 9.57 Å². The van der Waals surface area contributed by atoms with Crippen LogP contribution in [-0.4, -0.2) is 18.9 Å². The number of carbonyl (C=O) groups excluding carboxylic acids is 2. The topological polar surface area (TPSA) is 90.7 Å². The third kappa shape index (κ3) is 4.39. The van der Waals surface area contributed by atoms with Gasteiger partial charge in [0.05, 0.1) is 18.1 Å². The van der Waals surface area contributed by atoms with Crippen LogP contribution in [0.3, 0.4) is 0 Å². The van der Waals surface area contributed by atoms with Crippen molar-refractivity contribution in [2.75, 3.05) is 6.61 Å². The van der Waals surface area contributed by atoms with E-state index in [1.54, 1.807) is 17.7 Å². The van der Waals surface area contributed by atoms with Crippen LogP contribution < -0.4 is 16.2 Å². The summed E-state index contributed by atoms with van der Waals surface area (Å²) in [6, 6.07) is 4.59. The Morgan fingerprint density at radius 3 is 2.88 bits per heavy atom. The third-order valence-electron chi connectivity index (χ3n) is 1.83. The van der Waals surface area contributed by atoms with Crippen molar-refractivity contribution in [1.29, 1.82) is 0 Å². The zero-order chi connectivity index (χ0) is 12.7. The van der Waals surface area contributed by atoms with E-state index in [0.717, 1.165) is 0 Å². The Balaban J connectivity index is 2.47. The standard InChI is InChI=1S/C10H11ClN2O4/c11-8-5-7(6-14)1-2-9(8)16-4-3-10(15)17-13-12/h1-2,5-6,13H,3-4,12H2.